The van der Waals surface area contributed by atoms with Crippen LogP contribution in [0.4, 0.5) is 0 Å². The maximum atomic E-state index is 2.38. The van der Waals surface area contributed by atoms with Crippen molar-refractivity contribution in [2.24, 2.45) is 0 Å². The van der Waals surface area contributed by atoms with Crippen LogP contribution in [0.15, 0.2) is 72.8 Å². The van der Waals surface area contributed by atoms with Gasteiger partial charge in [0.2, 0.25) is 0 Å². The number of rotatable bonds is 3. The van der Waals surface area contributed by atoms with Crippen LogP contribution in [0.2, 0.25) is 0 Å². The molecule has 25 heavy (non-hydrogen) atoms. The molecule has 0 bridgehead atoms. The molecule has 0 heteroatoms. The summed E-state index contributed by atoms with van der Waals surface area (Å²) in [5.41, 5.74) is 8.47. The second-order valence-corrected chi connectivity index (χ2v) is 8.03. The Morgan fingerprint density at radius 2 is 1.04 bits per heavy atom. The molecule has 0 atom stereocenters. The van der Waals surface area contributed by atoms with Crippen molar-refractivity contribution in [3.63, 3.8) is 0 Å². The zero-order valence-electron chi connectivity index (χ0n) is 16.0. The third-order valence-corrected chi connectivity index (χ3v) is 5.01. The van der Waals surface area contributed by atoms with E-state index in [1.807, 2.05) is 0 Å². The summed E-state index contributed by atoms with van der Waals surface area (Å²) in [7, 11) is 0. The normalized spacial score (nSPS) is 11.8. The van der Waals surface area contributed by atoms with Gasteiger partial charge in [0.25, 0.3) is 0 Å². The Bertz CT molecular complexity index is 774. The molecule has 0 spiro atoms. The van der Waals surface area contributed by atoms with E-state index in [2.05, 4.69) is 107 Å². The van der Waals surface area contributed by atoms with E-state index in [4.69, 9.17) is 0 Å². The predicted molar refractivity (Wildman–Crippen MR) is 108 cm³/mol. The summed E-state index contributed by atoms with van der Waals surface area (Å²) in [6.45, 7) is 11.4. The van der Waals surface area contributed by atoms with Crippen LogP contribution in [0.3, 0.4) is 0 Å². The van der Waals surface area contributed by atoms with Crippen LogP contribution < -0.4 is 0 Å². The first-order valence-electron chi connectivity index (χ1n) is 9.09. The highest BCUT2D eigenvalue weighted by atomic mass is 14.3. The van der Waals surface area contributed by atoms with Crippen LogP contribution in [-0.4, -0.2) is 0 Å². The fourth-order valence-electron chi connectivity index (χ4n) is 3.68. The molecule has 128 valence electrons. The van der Waals surface area contributed by atoms with Crippen molar-refractivity contribution >= 4 is 0 Å². The molecule has 3 aromatic carbocycles. The molecule has 0 nitrogen and oxygen atoms in total. The molecule has 0 saturated carbocycles. The fraction of sp³-hybridized carbons (Fsp3) is 0.280. The van der Waals surface area contributed by atoms with Gasteiger partial charge in [-0.05, 0) is 52.6 Å². The first-order valence-corrected chi connectivity index (χ1v) is 9.09. The molecule has 0 unspecified atom stereocenters. The third-order valence-electron chi connectivity index (χ3n) is 5.01. The lowest BCUT2D eigenvalue weighted by atomic mass is 9.77. The van der Waals surface area contributed by atoms with Crippen LogP contribution >= 0.6 is 0 Å². The van der Waals surface area contributed by atoms with Crippen molar-refractivity contribution < 1.29 is 0 Å². The maximum Gasteiger partial charge on any atom is 0.0345 e. The fourth-order valence-corrected chi connectivity index (χ4v) is 3.68. The Kier molecular flexibility index (Phi) is 4.81. The SMILES string of the molecule is Cc1cc(C(C)(C)C)cc(C)c1C(c1ccccc1)c1ccccc1. The molecule has 3 rings (SSSR count). The van der Waals surface area contributed by atoms with E-state index >= 15 is 0 Å². The van der Waals surface area contributed by atoms with Gasteiger partial charge >= 0.3 is 0 Å². The van der Waals surface area contributed by atoms with Crippen molar-refractivity contribution in [2.75, 3.05) is 0 Å². The molecule has 0 fully saturated rings. The van der Waals surface area contributed by atoms with E-state index < -0.39 is 0 Å². The van der Waals surface area contributed by atoms with Crippen molar-refractivity contribution in [3.05, 3.63) is 106 Å². The zero-order chi connectivity index (χ0) is 18.0. The molecular weight excluding hydrogens is 300 g/mol. The summed E-state index contributed by atoms with van der Waals surface area (Å²) >= 11 is 0. The lowest BCUT2D eigenvalue weighted by molar-refractivity contribution is 0.588. The number of hydrogen-bond donors (Lipinski definition) is 0. The van der Waals surface area contributed by atoms with Gasteiger partial charge in [-0.15, -0.1) is 0 Å². The first kappa shape index (κ1) is 17.5. The van der Waals surface area contributed by atoms with E-state index in [9.17, 15) is 0 Å². The van der Waals surface area contributed by atoms with Crippen LogP contribution in [0.25, 0.3) is 0 Å². The Labute approximate surface area is 152 Å². The minimum Gasteiger partial charge on any atom is -0.0622 e. The van der Waals surface area contributed by atoms with Gasteiger partial charge in [-0.2, -0.15) is 0 Å². The second kappa shape index (κ2) is 6.88. The quantitative estimate of drug-likeness (QED) is 0.465. The van der Waals surface area contributed by atoms with E-state index in [1.54, 1.807) is 0 Å². The van der Waals surface area contributed by atoms with Crippen LogP contribution in [0.5, 0.6) is 0 Å². The van der Waals surface area contributed by atoms with Gasteiger partial charge in [-0.3, -0.25) is 0 Å². The minimum absolute atomic E-state index is 0.170. The van der Waals surface area contributed by atoms with Crippen molar-refractivity contribution in [3.8, 4) is 0 Å². The summed E-state index contributed by atoms with van der Waals surface area (Å²) in [5.74, 6) is 0.274. The highest BCUT2D eigenvalue weighted by Gasteiger charge is 2.23. The zero-order valence-corrected chi connectivity index (χ0v) is 16.0. The third kappa shape index (κ3) is 3.69. The van der Waals surface area contributed by atoms with Gasteiger partial charge in [0.05, 0.1) is 0 Å². The van der Waals surface area contributed by atoms with E-state index in [0.29, 0.717) is 0 Å². The van der Waals surface area contributed by atoms with Crippen molar-refractivity contribution in [2.45, 2.75) is 46.0 Å². The molecule has 0 aliphatic carbocycles. The van der Waals surface area contributed by atoms with Crippen LogP contribution in [-0.2, 0) is 5.41 Å². The average molecular weight is 328 g/mol. The lowest BCUT2D eigenvalue weighted by Crippen LogP contribution is -2.14. The van der Waals surface area contributed by atoms with Gasteiger partial charge < -0.3 is 0 Å². The Morgan fingerprint density at radius 1 is 0.640 bits per heavy atom. The number of hydrogen-bond acceptors (Lipinski definition) is 0. The minimum atomic E-state index is 0.170. The Hall–Kier alpha value is -2.34. The van der Waals surface area contributed by atoms with Gasteiger partial charge in [0, 0.05) is 5.92 Å². The van der Waals surface area contributed by atoms with E-state index in [0.717, 1.165) is 0 Å². The molecule has 0 amide bonds. The Balaban J connectivity index is 2.21. The predicted octanol–water partition coefficient (Wildman–Crippen LogP) is 6.78. The summed E-state index contributed by atoms with van der Waals surface area (Å²) < 4.78 is 0. The van der Waals surface area contributed by atoms with E-state index in [-0.39, 0.29) is 11.3 Å². The second-order valence-electron chi connectivity index (χ2n) is 8.03. The average Bonchev–Trinajstić information content (AvgIpc) is 2.58. The smallest absolute Gasteiger partial charge is 0.0345 e. The summed E-state index contributed by atoms with van der Waals surface area (Å²) in [6.07, 6.45) is 0. The summed E-state index contributed by atoms with van der Waals surface area (Å²) in [6, 6.07) is 26.5. The largest absolute Gasteiger partial charge is 0.0622 e. The highest BCUT2D eigenvalue weighted by Crippen LogP contribution is 2.37. The van der Waals surface area contributed by atoms with Crippen LogP contribution in [0, 0.1) is 13.8 Å². The van der Waals surface area contributed by atoms with Gasteiger partial charge in [0.15, 0.2) is 0 Å². The molecule has 0 radical (unpaired) electrons. The molecule has 0 aromatic heterocycles. The topological polar surface area (TPSA) is 0 Å². The number of aryl methyl sites for hydroxylation is 2. The van der Waals surface area contributed by atoms with E-state index in [1.165, 1.54) is 33.4 Å². The molecule has 3 aromatic rings. The number of benzene rings is 3. The molecule has 0 N–H and O–H groups in total. The summed E-state index contributed by atoms with van der Waals surface area (Å²) in [4.78, 5) is 0. The maximum absolute atomic E-state index is 2.38. The van der Waals surface area contributed by atoms with Gasteiger partial charge in [-0.1, -0.05) is 93.6 Å². The van der Waals surface area contributed by atoms with Crippen molar-refractivity contribution in [1.29, 1.82) is 0 Å². The molecule has 0 heterocycles. The standard InChI is InChI=1S/C25H28/c1-18-16-22(25(3,4)5)17-19(2)23(18)24(20-12-8-6-9-13-20)21-14-10-7-11-15-21/h6-17,24H,1-5H3. The molecular formula is C25H28. The Morgan fingerprint density at radius 3 is 1.40 bits per heavy atom. The highest BCUT2D eigenvalue weighted by molar-refractivity contribution is 5.51. The molecule has 0 aliphatic rings. The summed E-state index contributed by atoms with van der Waals surface area (Å²) in [5, 5.41) is 0. The monoisotopic (exact) mass is 328 g/mol. The van der Waals surface area contributed by atoms with Crippen molar-refractivity contribution in [1.82, 2.24) is 0 Å². The lowest BCUT2D eigenvalue weighted by Gasteiger charge is -2.27. The van der Waals surface area contributed by atoms with Gasteiger partial charge in [-0.25, -0.2) is 0 Å². The first-order chi connectivity index (χ1) is 11.9. The van der Waals surface area contributed by atoms with Gasteiger partial charge in [0.1, 0.15) is 0 Å². The van der Waals surface area contributed by atoms with Crippen LogP contribution in [0.1, 0.15) is 60.1 Å². The molecule has 0 saturated heterocycles. The molecule has 0 aliphatic heterocycles.